The van der Waals surface area contributed by atoms with Crippen LogP contribution in [-0.4, -0.2) is 15.3 Å². The van der Waals surface area contributed by atoms with Crippen LogP contribution in [0.3, 0.4) is 0 Å². The third-order valence-corrected chi connectivity index (χ3v) is 5.25. The first-order chi connectivity index (χ1) is 11.2. The van der Waals surface area contributed by atoms with Gasteiger partial charge in [0.05, 0.1) is 22.0 Å². The topological polar surface area (TPSA) is 70.2 Å². The minimum absolute atomic E-state index is 0.126. The van der Waals surface area contributed by atoms with E-state index in [2.05, 4.69) is 16.4 Å². The average Bonchev–Trinajstić information content (AvgIpc) is 3.24. The van der Waals surface area contributed by atoms with Gasteiger partial charge in [-0.1, -0.05) is 12.1 Å². The Morgan fingerprint density at radius 3 is 3.17 bits per heavy atom. The summed E-state index contributed by atoms with van der Waals surface area (Å²) in [5.41, 5.74) is 2.45. The van der Waals surface area contributed by atoms with Crippen molar-refractivity contribution < 1.29 is 4.79 Å². The molecule has 0 saturated heterocycles. The van der Waals surface area contributed by atoms with E-state index in [4.69, 9.17) is 5.26 Å². The Kier molecular flexibility index (Phi) is 3.33. The molecule has 0 radical (unpaired) electrons. The molecule has 1 aromatic carbocycles. The lowest BCUT2D eigenvalue weighted by Crippen LogP contribution is -2.21. The van der Waals surface area contributed by atoms with Crippen LogP contribution in [-0.2, 0) is 6.54 Å². The number of thiophene rings is 1. The van der Waals surface area contributed by atoms with Crippen molar-refractivity contribution in [2.75, 3.05) is 0 Å². The van der Waals surface area contributed by atoms with Gasteiger partial charge in [-0.05, 0) is 23.8 Å². The van der Waals surface area contributed by atoms with Crippen LogP contribution in [0.5, 0.6) is 0 Å². The molecule has 1 amide bonds. The molecule has 4 aromatic rings. The van der Waals surface area contributed by atoms with E-state index in [1.165, 1.54) is 11.3 Å². The quantitative estimate of drug-likeness (QED) is 0.622. The van der Waals surface area contributed by atoms with Crippen LogP contribution in [0, 0.1) is 11.3 Å². The Labute approximate surface area is 139 Å². The molecule has 112 valence electrons. The van der Waals surface area contributed by atoms with E-state index in [1.54, 1.807) is 23.5 Å². The molecule has 0 saturated carbocycles. The van der Waals surface area contributed by atoms with Crippen molar-refractivity contribution in [2.45, 2.75) is 6.54 Å². The maximum absolute atomic E-state index is 12.3. The van der Waals surface area contributed by atoms with Crippen LogP contribution >= 0.6 is 22.7 Å². The highest BCUT2D eigenvalue weighted by molar-refractivity contribution is 7.21. The zero-order valence-corrected chi connectivity index (χ0v) is 13.4. The second-order valence-electron chi connectivity index (χ2n) is 4.96. The number of carbonyl (C=O) groups excluding carboxylic acids is 1. The molecule has 0 fully saturated rings. The number of aromatic nitrogens is 2. The van der Waals surface area contributed by atoms with Crippen molar-refractivity contribution in [3.8, 4) is 6.07 Å². The van der Waals surface area contributed by atoms with Gasteiger partial charge in [-0.2, -0.15) is 5.26 Å². The molecule has 5 nitrogen and oxygen atoms in total. The number of carbonyl (C=O) groups is 1. The number of amides is 1. The van der Waals surface area contributed by atoms with Crippen molar-refractivity contribution in [2.24, 2.45) is 0 Å². The summed E-state index contributed by atoms with van der Waals surface area (Å²) in [6.45, 7) is 0.394. The van der Waals surface area contributed by atoms with Gasteiger partial charge >= 0.3 is 0 Å². The molecular weight excluding hydrogens is 328 g/mol. The lowest BCUT2D eigenvalue weighted by Gasteiger charge is -2.03. The molecule has 0 spiro atoms. The van der Waals surface area contributed by atoms with Crippen LogP contribution in [0.25, 0.3) is 15.3 Å². The second kappa shape index (κ2) is 5.50. The number of fused-ring (bicyclic) bond motifs is 3. The fourth-order valence-corrected chi connectivity index (χ4v) is 4.10. The monoisotopic (exact) mass is 338 g/mol. The normalized spacial score (nSPS) is 10.9. The van der Waals surface area contributed by atoms with Crippen molar-refractivity contribution >= 4 is 43.9 Å². The summed E-state index contributed by atoms with van der Waals surface area (Å²) in [6, 6.07) is 11.2. The van der Waals surface area contributed by atoms with Gasteiger partial charge in [0.15, 0.2) is 4.96 Å². The molecule has 0 aliphatic heterocycles. The van der Waals surface area contributed by atoms with Crippen molar-refractivity contribution in [1.29, 1.82) is 5.26 Å². The third kappa shape index (κ3) is 2.48. The first-order valence-corrected chi connectivity index (χ1v) is 8.56. The molecule has 0 unspecified atom stereocenters. The number of hydrogen-bond acceptors (Lipinski definition) is 5. The molecular formula is C16H10N4OS2. The number of nitrogens with one attached hydrogen (secondary N) is 1. The maximum Gasteiger partial charge on any atom is 0.261 e. The Bertz CT molecular complexity index is 1070. The van der Waals surface area contributed by atoms with E-state index >= 15 is 0 Å². The van der Waals surface area contributed by atoms with Crippen molar-refractivity contribution in [3.05, 3.63) is 57.9 Å². The standard InChI is InChI=1S/C16H10N4OS2/c17-8-10-2-1-3-11(6-10)9-18-14(21)13-7-12-15(23-13)19-16-20(12)4-5-22-16/h1-7H,9H2,(H,18,21). The molecule has 0 atom stereocenters. The zero-order valence-electron chi connectivity index (χ0n) is 11.8. The van der Waals surface area contributed by atoms with Crippen LogP contribution < -0.4 is 5.32 Å². The summed E-state index contributed by atoms with van der Waals surface area (Å²) < 4.78 is 1.99. The molecule has 23 heavy (non-hydrogen) atoms. The predicted molar refractivity (Wildman–Crippen MR) is 90.8 cm³/mol. The molecule has 7 heteroatoms. The molecule has 0 aliphatic carbocycles. The van der Waals surface area contributed by atoms with E-state index in [0.29, 0.717) is 17.0 Å². The lowest BCUT2D eigenvalue weighted by molar-refractivity contribution is 0.0955. The van der Waals surface area contributed by atoms with Gasteiger partial charge < -0.3 is 5.32 Å². The van der Waals surface area contributed by atoms with Gasteiger partial charge in [0, 0.05) is 18.1 Å². The van der Waals surface area contributed by atoms with Gasteiger partial charge in [0.1, 0.15) is 4.83 Å². The number of benzene rings is 1. The molecule has 3 aromatic heterocycles. The fourth-order valence-electron chi connectivity index (χ4n) is 2.38. The summed E-state index contributed by atoms with van der Waals surface area (Å²) in [6.07, 6.45) is 1.96. The molecule has 0 aliphatic rings. The summed E-state index contributed by atoms with van der Waals surface area (Å²) in [7, 11) is 0. The van der Waals surface area contributed by atoms with Crippen LogP contribution in [0.4, 0.5) is 0 Å². The number of hydrogen-bond donors (Lipinski definition) is 1. The second-order valence-corrected chi connectivity index (χ2v) is 6.87. The molecule has 0 bridgehead atoms. The minimum atomic E-state index is -0.126. The Hall–Kier alpha value is -2.69. The zero-order chi connectivity index (χ0) is 15.8. The predicted octanol–water partition coefficient (Wildman–Crippen LogP) is 3.41. The first-order valence-electron chi connectivity index (χ1n) is 6.87. The number of nitrogens with zero attached hydrogens (tertiary/aromatic N) is 3. The van der Waals surface area contributed by atoms with Gasteiger partial charge in [0.2, 0.25) is 0 Å². The Morgan fingerprint density at radius 1 is 1.39 bits per heavy atom. The molecule has 4 rings (SSSR count). The smallest absolute Gasteiger partial charge is 0.261 e. The minimum Gasteiger partial charge on any atom is -0.347 e. The van der Waals surface area contributed by atoms with E-state index in [1.807, 2.05) is 34.2 Å². The van der Waals surface area contributed by atoms with E-state index in [-0.39, 0.29) is 5.91 Å². The van der Waals surface area contributed by atoms with Crippen LogP contribution in [0.15, 0.2) is 41.9 Å². The van der Waals surface area contributed by atoms with Gasteiger partial charge in [-0.3, -0.25) is 9.20 Å². The lowest BCUT2D eigenvalue weighted by atomic mass is 10.1. The van der Waals surface area contributed by atoms with Gasteiger partial charge in [0.25, 0.3) is 5.91 Å². The van der Waals surface area contributed by atoms with Crippen LogP contribution in [0.1, 0.15) is 20.8 Å². The number of rotatable bonds is 3. The molecule has 3 heterocycles. The average molecular weight is 338 g/mol. The summed E-state index contributed by atoms with van der Waals surface area (Å²) in [5, 5.41) is 13.8. The van der Waals surface area contributed by atoms with Gasteiger partial charge in [-0.25, -0.2) is 4.98 Å². The Balaban J connectivity index is 1.54. The SMILES string of the molecule is N#Cc1cccc(CNC(=O)c2cc3c(nc4sccn43)s2)c1. The van der Waals surface area contributed by atoms with Crippen molar-refractivity contribution in [3.63, 3.8) is 0 Å². The van der Waals surface area contributed by atoms with Gasteiger partial charge in [-0.15, -0.1) is 22.7 Å². The summed E-state index contributed by atoms with van der Waals surface area (Å²) in [5.74, 6) is -0.126. The molecule has 1 N–H and O–H groups in total. The largest absolute Gasteiger partial charge is 0.347 e. The van der Waals surface area contributed by atoms with E-state index in [9.17, 15) is 4.79 Å². The number of thiazole rings is 1. The number of imidazole rings is 1. The maximum atomic E-state index is 12.3. The van der Waals surface area contributed by atoms with Crippen LogP contribution in [0.2, 0.25) is 0 Å². The van der Waals surface area contributed by atoms with E-state index < -0.39 is 0 Å². The summed E-state index contributed by atoms with van der Waals surface area (Å²) in [4.78, 5) is 19.3. The van der Waals surface area contributed by atoms with E-state index in [0.717, 1.165) is 20.9 Å². The first kappa shape index (κ1) is 13.9. The third-order valence-electron chi connectivity index (χ3n) is 3.47. The highest BCUT2D eigenvalue weighted by Crippen LogP contribution is 2.28. The summed E-state index contributed by atoms with van der Waals surface area (Å²) >= 11 is 2.96. The highest BCUT2D eigenvalue weighted by Gasteiger charge is 2.14. The fraction of sp³-hybridized carbons (Fsp3) is 0.0625. The Morgan fingerprint density at radius 2 is 2.30 bits per heavy atom. The van der Waals surface area contributed by atoms with Crippen molar-refractivity contribution in [1.82, 2.24) is 14.7 Å². The number of nitriles is 1. The highest BCUT2D eigenvalue weighted by atomic mass is 32.1.